The van der Waals surface area contributed by atoms with E-state index in [1.807, 2.05) is 0 Å². The Bertz CT molecular complexity index is 310. The fourth-order valence-electron chi connectivity index (χ4n) is 0.852. The second kappa shape index (κ2) is 3.68. The predicted molar refractivity (Wildman–Crippen MR) is 47.6 cm³/mol. The van der Waals surface area contributed by atoms with Crippen molar-refractivity contribution in [1.29, 1.82) is 0 Å². The summed E-state index contributed by atoms with van der Waals surface area (Å²) in [6, 6.07) is 4.31. The Balaban J connectivity index is 2.90. The van der Waals surface area contributed by atoms with Crippen LogP contribution < -0.4 is 4.74 Å². The van der Waals surface area contributed by atoms with Crippen molar-refractivity contribution in [2.24, 2.45) is 0 Å². The van der Waals surface area contributed by atoms with E-state index in [9.17, 15) is 8.78 Å². The number of rotatable bonds is 2. The molecule has 0 amide bonds. The second-order valence-corrected chi connectivity index (χ2v) is 3.33. The zero-order chi connectivity index (χ0) is 10.1. The maximum Gasteiger partial charge on any atom is 0.487 e. The number of hydrogen-bond acceptors (Lipinski definition) is 1. The summed E-state index contributed by atoms with van der Waals surface area (Å²) in [5, 5.41) is 0.461. The molecule has 1 rings (SSSR count). The van der Waals surface area contributed by atoms with Gasteiger partial charge in [-0.15, -0.1) is 8.78 Å². The third-order valence-corrected chi connectivity index (χ3v) is 1.67. The average molecular weight is 227 g/mol. The van der Waals surface area contributed by atoms with Crippen LogP contribution in [0.5, 0.6) is 5.75 Å². The summed E-state index contributed by atoms with van der Waals surface area (Å²) < 4.78 is 28.6. The molecule has 72 valence electrons. The third kappa shape index (κ3) is 3.36. The molecule has 0 unspecified atom stereocenters. The number of ether oxygens (including phenoxy) is 1. The molecule has 0 bridgehead atoms. The van der Waals surface area contributed by atoms with Gasteiger partial charge in [-0.3, -0.25) is 0 Å². The maximum absolute atomic E-state index is 12.2. The van der Waals surface area contributed by atoms with Crippen LogP contribution in [-0.4, -0.2) is 5.57 Å². The highest BCUT2D eigenvalue weighted by Crippen LogP contribution is 2.29. The van der Waals surface area contributed by atoms with Crippen molar-refractivity contribution in [3.8, 4) is 5.75 Å². The topological polar surface area (TPSA) is 9.23 Å². The molecule has 0 saturated carbocycles. The molecule has 0 aliphatic rings. The fraction of sp³-hybridized carbons (Fsp3) is 0.250. The summed E-state index contributed by atoms with van der Waals surface area (Å²) in [4.78, 5) is 0. The zero-order valence-electron chi connectivity index (χ0n) is 6.65. The lowest BCUT2D eigenvalue weighted by molar-refractivity contribution is -0.0968. The molecular formula is C8H6Cl2F2O. The number of hydrogen-bond donors (Lipinski definition) is 0. The lowest BCUT2D eigenvalue weighted by atomic mass is 10.2. The maximum atomic E-state index is 12.2. The van der Waals surface area contributed by atoms with Crippen LogP contribution in [0.1, 0.15) is 5.56 Å². The van der Waals surface area contributed by atoms with Gasteiger partial charge < -0.3 is 4.74 Å². The Morgan fingerprint density at radius 1 is 1.38 bits per heavy atom. The minimum atomic E-state index is -3.68. The predicted octanol–water partition coefficient (Wildman–Crippen LogP) is 3.82. The molecule has 13 heavy (non-hydrogen) atoms. The van der Waals surface area contributed by atoms with E-state index >= 15 is 0 Å². The van der Waals surface area contributed by atoms with E-state index in [-0.39, 0.29) is 5.75 Å². The van der Waals surface area contributed by atoms with Gasteiger partial charge in [-0.05, 0) is 30.7 Å². The first kappa shape index (κ1) is 10.5. The van der Waals surface area contributed by atoms with Crippen molar-refractivity contribution >= 4 is 23.2 Å². The van der Waals surface area contributed by atoms with Gasteiger partial charge in [0.2, 0.25) is 0 Å². The summed E-state index contributed by atoms with van der Waals surface area (Å²) in [7, 11) is 0. The van der Waals surface area contributed by atoms with Gasteiger partial charge >= 0.3 is 5.57 Å². The normalized spacial score (nSPS) is 11.5. The largest absolute Gasteiger partial charge is 0.487 e. The first-order valence-corrected chi connectivity index (χ1v) is 4.16. The zero-order valence-corrected chi connectivity index (χ0v) is 8.16. The summed E-state index contributed by atoms with van der Waals surface area (Å²) >= 11 is 10.2. The Labute approximate surface area is 84.2 Å². The lowest BCUT2D eigenvalue weighted by Crippen LogP contribution is -2.16. The molecule has 5 heteroatoms. The molecule has 0 aromatic heterocycles. The van der Waals surface area contributed by atoms with Crippen LogP contribution in [0, 0.1) is 6.92 Å². The van der Waals surface area contributed by atoms with Crippen LogP contribution >= 0.6 is 23.2 Å². The van der Waals surface area contributed by atoms with E-state index in [0.29, 0.717) is 10.6 Å². The van der Waals surface area contributed by atoms with Gasteiger partial charge in [-0.2, -0.15) is 0 Å². The fourth-order valence-corrected chi connectivity index (χ4v) is 1.16. The minimum absolute atomic E-state index is 0.0180. The number of alkyl halides is 3. The molecule has 0 N–H and O–H groups in total. The van der Waals surface area contributed by atoms with Crippen LogP contribution in [-0.2, 0) is 0 Å². The van der Waals surface area contributed by atoms with E-state index in [4.69, 9.17) is 11.6 Å². The monoisotopic (exact) mass is 226 g/mol. The standard InChI is InChI=1S/C8H6Cl2F2O/c1-5-4-6(9)2-3-7(5)13-8(10,11)12/h2-4H,1H3. The number of benzene rings is 1. The Hall–Kier alpha value is -0.540. The summed E-state index contributed by atoms with van der Waals surface area (Å²) in [5.41, 5.74) is -3.17. The highest BCUT2D eigenvalue weighted by atomic mass is 35.5. The quantitative estimate of drug-likeness (QED) is 0.698. The van der Waals surface area contributed by atoms with Gasteiger partial charge in [-0.1, -0.05) is 11.6 Å². The molecular weight excluding hydrogens is 221 g/mol. The highest BCUT2D eigenvalue weighted by molar-refractivity contribution is 6.30. The van der Waals surface area contributed by atoms with Crippen molar-refractivity contribution in [3.63, 3.8) is 0 Å². The molecule has 0 heterocycles. The molecule has 0 aliphatic carbocycles. The Morgan fingerprint density at radius 3 is 2.46 bits per heavy atom. The van der Waals surface area contributed by atoms with Gasteiger partial charge in [0.15, 0.2) is 0 Å². The van der Waals surface area contributed by atoms with Crippen LogP contribution in [0.3, 0.4) is 0 Å². The molecule has 1 aromatic rings. The smallest absolute Gasteiger partial charge is 0.420 e. The minimum Gasteiger partial charge on any atom is -0.420 e. The summed E-state index contributed by atoms with van der Waals surface area (Å²) in [6.45, 7) is 1.60. The molecule has 0 atom stereocenters. The lowest BCUT2D eigenvalue weighted by Gasteiger charge is -2.12. The van der Waals surface area contributed by atoms with Crippen molar-refractivity contribution in [3.05, 3.63) is 28.8 Å². The second-order valence-electron chi connectivity index (χ2n) is 2.46. The van der Waals surface area contributed by atoms with E-state index in [0.717, 1.165) is 0 Å². The molecule has 0 fully saturated rings. The van der Waals surface area contributed by atoms with Crippen LogP contribution in [0.2, 0.25) is 5.02 Å². The molecule has 0 radical (unpaired) electrons. The van der Waals surface area contributed by atoms with E-state index in [1.165, 1.54) is 18.2 Å². The highest BCUT2D eigenvalue weighted by Gasteiger charge is 2.28. The van der Waals surface area contributed by atoms with Crippen LogP contribution in [0.4, 0.5) is 8.78 Å². The van der Waals surface area contributed by atoms with Gasteiger partial charge in [0, 0.05) is 16.6 Å². The van der Waals surface area contributed by atoms with Crippen LogP contribution in [0.25, 0.3) is 0 Å². The van der Waals surface area contributed by atoms with Crippen molar-refractivity contribution in [1.82, 2.24) is 0 Å². The van der Waals surface area contributed by atoms with Gasteiger partial charge in [0.05, 0.1) is 0 Å². The molecule has 1 aromatic carbocycles. The average Bonchev–Trinajstić information content (AvgIpc) is 1.93. The first-order valence-electron chi connectivity index (χ1n) is 3.40. The van der Waals surface area contributed by atoms with Crippen molar-refractivity contribution < 1.29 is 13.5 Å². The van der Waals surface area contributed by atoms with Crippen molar-refractivity contribution in [2.75, 3.05) is 0 Å². The summed E-state index contributed by atoms with van der Waals surface area (Å²) in [6.07, 6.45) is 0. The van der Waals surface area contributed by atoms with E-state index in [1.54, 1.807) is 6.92 Å². The molecule has 0 spiro atoms. The Morgan fingerprint density at radius 2 is 2.00 bits per heavy atom. The van der Waals surface area contributed by atoms with Crippen molar-refractivity contribution in [2.45, 2.75) is 12.5 Å². The van der Waals surface area contributed by atoms with Crippen LogP contribution in [0.15, 0.2) is 18.2 Å². The first-order chi connectivity index (χ1) is 5.88. The molecule has 0 saturated heterocycles. The van der Waals surface area contributed by atoms with E-state index in [2.05, 4.69) is 16.3 Å². The Kier molecular flexibility index (Phi) is 2.98. The number of halogens is 4. The van der Waals surface area contributed by atoms with Gasteiger partial charge in [0.25, 0.3) is 0 Å². The third-order valence-electron chi connectivity index (χ3n) is 1.36. The SMILES string of the molecule is Cc1cc(Cl)ccc1OC(F)(F)Cl. The van der Waals surface area contributed by atoms with E-state index < -0.39 is 5.57 Å². The summed E-state index contributed by atoms with van der Waals surface area (Å²) in [5.74, 6) is 0.0180. The molecule has 1 nitrogen and oxygen atoms in total. The van der Waals surface area contributed by atoms with Gasteiger partial charge in [0.1, 0.15) is 5.75 Å². The number of aryl methyl sites for hydroxylation is 1. The van der Waals surface area contributed by atoms with Gasteiger partial charge in [-0.25, -0.2) is 0 Å². The molecule has 0 aliphatic heterocycles.